The summed E-state index contributed by atoms with van der Waals surface area (Å²) in [5, 5.41) is 0. The van der Waals surface area contributed by atoms with Gasteiger partial charge in [-0.1, -0.05) is 6.08 Å². The van der Waals surface area contributed by atoms with Gasteiger partial charge in [0.2, 0.25) is 11.9 Å². The van der Waals surface area contributed by atoms with Crippen LogP contribution in [-0.2, 0) is 0 Å². The van der Waals surface area contributed by atoms with E-state index in [1.807, 2.05) is 0 Å². The van der Waals surface area contributed by atoms with Gasteiger partial charge < -0.3 is 0 Å². The van der Waals surface area contributed by atoms with Crippen LogP contribution in [0.1, 0.15) is 0 Å². The predicted molar refractivity (Wildman–Crippen MR) is 39.2 cm³/mol. The van der Waals surface area contributed by atoms with Gasteiger partial charge in [0.05, 0.1) is 6.54 Å². The van der Waals surface area contributed by atoms with Gasteiger partial charge in [0.1, 0.15) is 0 Å². The molecule has 0 saturated carbocycles. The summed E-state index contributed by atoms with van der Waals surface area (Å²) < 4.78 is 83.5. The first kappa shape index (κ1) is 13.9. The summed E-state index contributed by atoms with van der Waals surface area (Å²) in [5.74, 6) is -6.67. The summed E-state index contributed by atoms with van der Waals surface area (Å²) in [5.41, 5.74) is 0. The molecule has 0 spiro atoms. The maximum Gasteiger partial charge on any atom is 0.408 e. The second-order valence-electron chi connectivity index (χ2n) is 2.47. The number of hydrogen-bond acceptors (Lipinski definition) is 1. The summed E-state index contributed by atoms with van der Waals surface area (Å²) in [6, 6.07) is 0. The fraction of sp³-hybridized carbons (Fsp3) is 0.571. The maximum atomic E-state index is 12.5. The smallest absolute Gasteiger partial charge is 0.257 e. The first-order valence-corrected chi connectivity index (χ1v) is 3.55. The lowest BCUT2D eigenvalue weighted by atomic mass is 10.1. The predicted octanol–water partition coefficient (Wildman–Crippen LogP) is 3.28. The summed E-state index contributed by atoms with van der Waals surface area (Å²) >= 11 is 0. The number of nitrogens with zero attached hydrogens (tertiary/aromatic N) is 1. The zero-order valence-electron chi connectivity index (χ0n) is 7.16. The van der Waals surface area contributed by atoms with Crippen molar-refractivity contribution in [1.29, 1.82) is 0 Å². The Kier molecular flexibility index (Phi) is 4.29. The van der Waals surface area contributed by atoms with Crippen molar-refractivity contribution in [3.8, 4) is 0 Å². The van der Waals surface area contributed by atoms with Gasteiger partial charge in [0, 0.05) is 0 Å². The monoisotopic (exact) mass is 237 g/mol. The molecule has 0 N–H and O–H groups in total. The number of alkyl halides is 6. The minimum atomic E-state index is -5.74. The van der Waals surface area contributed by atoms with Crippen molar-refractivity contribution in [2.75, 3.05) is 6.54 Å². The quantitative estimate of drug-likeness (QED) is 0.405. The standard InChI is InChI=1S/C7H6F7N/c1-2-3-15-5(8)4(6(9,10)11)7(12,13)14/h2,4H,1,3H2. The van der Waals surface area contributed by atoms with E-state index in [0.717, 1.165) is 6.08 Å². The number of rotatable bonds is 3. The van der Waals surface area contributed by atoms with Crippen LogP contribution in [0.25, 0.3) is 0 Å². The second kappa shape index (κ2) is 4.63. The zero-order chi connectivity index (χ0) is 12.3. The number of hydrogen-bond donors (Lipinski definition) is 0. The molecular weight excluding hydrogens is 231 g/mol. The molecule has 0 unspecified atom stereocenters. The van der Waals surface area contributed by atoms with Crippen molar-refractivity contribution < 1.29 is 30.7 Å². The molecule has 8 heteroatoms. The average molecular weight is 237 g/mol. The third-order valence-corrected chi connectivity index (χ3v) is 1.26. The normalized spacial score (nSPS) is 14.5. The van der Waals surface area contributed by atoms with Crippen LogP contribution in [-0.4, -0.2) is 24.9 Å². The minimum Gasteiger partial charge on any atom is -0.257 e. The van der Waals surface area contributed by atoms with E-state index in [-0.39, 0.29) is 0 Å². The van der Waals surface area contributed by atoms with Crippen LogP contribution in [0.3, 0.4) is 0 Å². The number of halogens is 7. The molecular formula is C7H6F7N. The average Bonchev–Trinajstić information content (AvgIpc) is 1.94. The lowest BCUT2D eigenvalue weighted by molar-refractivity contribution is -0.262. The van der Waals surface area contributed by atoms with Crippen molar-refractivity contribution in [2.24, 2.45) is 10.9 Å². The van der Waals surface area contributed by atoms with Crippen LogP contribution in [0.4, 0.5) is 30.7 Å². The molecule has 88 valence electrons. The molecule has 0 aromatic heterocycles. The lowest BCUT2D eigenvalue weighted by Crippen LogP contribution is -2.41. The van der Waals surface area contributed by atoms with Gasteiger partial charge in [-0.2, -0.15) is 30.7 Å². The molecule has 0 aliphatic heterocycles. The van der Waals surface area contributed by atoms with E-state index in [0.29, 0.717) is 0 Å². The van der Waals surface area contributed by atoms with E-state index in [9.17, 15) is 30.7 Å². The summed E-state index contributed by atoms with van der Waals surface area (Å²) in [6.45, 7) is 2.34. The lowest BCUT2D eigenvalue weighted by Gasteiger charge is -2.20. The summed E-state index contributed by atoms with van der Waals surface area (Å²) in [6.07, 6.45) is -10.6. The molecule has 0 fully saturated rings. The Balaban J connectivity index is 5.05. The molecule has 0 bridgehead atoms. The Morgan fingerprint density at radius 3 is 1.80 bits per heavy atom. The molecule has 0 atom stereocenters. The first-order chi connectivity index (χ1) is 6.60. The van der Waals surface area contributed by atoms with Crippen molar-refractivity contribution >= 4 is 5.97 Å². The number of aliphatic imine (C=N–C) groups is 1. The van der Waals surface area contributed by atoms with Crippen LogP contribution >= 0.6 is 0 Å². The molecule has 0 aliphatic rings. The Labute approximate surface area is 80.3 Å². The highest BCUT2D eigenvalue weighted by Gasteiger charge is 2.60. The van der Waals surface area contributed by atoms with E-state index in [1.165, 1.54) is 0 Å². The van der Waals surface area contributed by atoms with E-state index >= 15 is 0 Å². The molecule has 0 aliphatic carbocycles. The molecule has 0 saturated heterocycles. The molecule has 0 radical (unpaired) electrons. The zero-order valence-corrected chi connectivity index (χ0v) is 7.16. The van der Waals surface area contributed by atoms with Gasteiger partial charge in [0.15, 0.2) is 0 Å². The Hall–Kier alpha value is -1.08. The van der Waals surface area contributed by atoms with E-state index < -0.39 is 30.8 Å². The molecule has 0 amide bonds. The van der Waals surface area contributed by atoms with Crippen LogP contribution in [0.2, 0.25) is 0 Å². The van der Waals surface area contributed by atoms with Crippen molar-refractivity contribution in [2.45, 2.75) is 12.4 Å². The molecule has 15 heavy (non-hydrogen) atoms. The largest absolute Gasteiger partial charge is 0.408 e. The minimum absolute atomic E-state index is 0.644. The van der Waals surface area contributed by atoms with Gasteiger partial charge >= 0.3 is 12.4 Å². The molecule has 0 heterocycles. The van der Waals surface area contributed by atoms with E-state index in [4.69, 9.17) is 0 Å². The van der Waals surface area contributed by atoms with E-state index in [2.05, 4.69) is 11.6 Å². The van der Waals surface area contributed by atoms with E-state index in [1.54, 1.807) is 0 Å². The van der Waals surface area contributed by atoms with Crippen molar-refractivity contribution in [3.05, 3.63) is 12.7 Å². The van der Waals surface area contributed by atoms with Crippen molar-refractivity contribution in [3.63, 3.8) is 0 Å². The van der Waals surface area contributed by atoms with Crippen LogP contribution in [0.5, 0.6) is 0 Å². The SMILES string of the molecule is C=CCN=C(F)C(C(F)(F)F)C(F)(F)F. The molecule has 0 aromatic carbocycles. The summed E-state index contributed by atoms with van der Waals surface area (Å²) in [7, 11) is 0. The van der Waals surface area contributed by atoms with Gasteiger partial charge in [-0.15, -0.1) is 6.58 Å². The fourth-order valence-corrected chi connectivity index (χ4v) is 0.699. The van der Waals surface area contributed by atoms with Crippen molar-refractivity contribution in [1.82, 2.24) is 0 Å². The second-order valence-corrected chi connectivity index (χ2v) is 2.47. The highest BCUT2D eigenvalue weighted by molar-refractivity contribution is 5.79. The molecule has 0 aromatic rings. The first-order valence-electron chi connectivity index (χ1n) is 3.55. The summed E-state index contributed by atoms with van der Waals surface area (Å²) in [4.78, 5) is 2.47. The Bertz CT molecular complexity index is 235. The molecule has 1 nitrogen and oxygen atoms in total. The fourth-order valence-electron chi connectivity index (χ4n) is 0.699. The van der Waals surface area contributed by atoms with Crippen LogP contribution < -0.4 is 0 Å². The third kappa shape index (κ3) is 4.30. The van der Waals surface area contributed by atoms with Gasteiger partial charge in [-0.05, 0) is 0 Å². The van der Waals surface area contributed by atoms with Gasteiger partial charge in [-0.3, -0.25) is 4.99 Å². The highest BCUT2D eigenvalue weighted by Crippen LogP contribution is 2.40. The van der Waals surface area contributed by atoms with Gasteiger partial charge in [-0.25, -0.2) is 0 Å². The highest BCUT2D eigenvalue weighted by atomic mass is 19.4. The Morgan fingerprint density at radius 2 is 1.53 bits per heavy atom. The molecule has 0 rings (SSSR count). The van der Waals surface area contributed by atoms with Crippen LogP contribution in [0.15, 0.2) is 17.6 Å². The van der Waals surface area contributed by atoms with Gasteiger partial charge in [0.25, 0.3) is 0 Å². The maximum absolute atomic E-state index is 12.5. The Morgan fingerprint density at radius 1 is 1.13 bits per heavy atom. The topological polar surface area (TPSA) is 12.4 Å². The third-order valence-electron chi connectivity index (χ3n) is 1.26. The van der Waals surface area contributed by atoms with Crippen LogP contribution in [0, 0.1) is 5.92 Å².